The zero-order valence-corrected chi connectivity index (χ0v) is 22.6. The number of ether oxygens (including phenoxy) is 7. The summed E-state index contributed by atoms with van der Waals surface area (Å²) in [5, 5.41) is 12.0. The van der Waals surface area contributed by atoms with Crippen LogP contribution in [0.4, 0.5) is 5.69 Å². The molecule has 0 bridgehead atoms. The fourth-order valence-corrected chi connectivity index (χ4v) is 3.71. The van der Waals surface area contributed by atoms with E-state index in [1.807, 2.05) is 0 Å². The van der Waals surface area contributed by atoms with Crippen LogP contribution in [0.2, 0.25) is 0 Å². The summed E-state index contributed by atoms with van der Waals surface area (Å²) in [5.74, 6) is -5.80. The molecule has 222 valence electrons. The second-order valence-electron chi connectivity index (χ2n) is 8.32. The standard InChI is InChI=1S/C25H27NO15/c1-12(27)36-11-19-22(37-13(2)28)23(38-14(3)29)24(39-15(4)30)25(41-19)40-18-8-6-7-16(21(18)26(33)34)17(31)9-10-20(32)35-5/h6-10,19,22-25H,11H2,1-5H3/b10-9+. The SMILES string of the molecule is COC(=O)/C=C/C(=O)c1cccc(OC2OC(COC(C)=O)C(OC(C)=O)C(OC(C)=O)C2OC(C)=O)c1[N+](=O)[O-]. The molecular weight excluding hydrogens is 554 g/mol. The van der Waals surface area contributed by atoms with Crippen molar-refractivity contribution in [3.8, 4) is 5.75 Å². The van der Waals surface area contributed by atoms with Crippen molar-refractivity contribution in [1.29, 1.82) is 0 Å². The van der Waals surface area contributed by atoms with Gasteiger partial charge in [-0.05, 0) is 18.2 Å². The number of ketones is 1. The van der Waals surface area contributed by atoms with E-state index in [0.29, 0.717) is 0 Å². The van der Waals surface area contributed by atoms with Crippen LogP contribution in [0.1, 0.15) is 38.1 Å². The monoisotopic (exact) mass is 581 g/mol. The van der Waals surface area contributed by atoms with Crippen molar-refractivity contribution in [2.45, 2.75) is 58.4 Å². The lowest BCUT2D eigenvalue weighted by Gasteiger charge is -2.43. The van der Waals surface area contributed by atoms with Gasteiger partial charge in [0, 0.05) is 33.8 Å². The number of methoxy groups -OCH3 is 1. The topological polar surface area (TPSA) is 210 Å². The minimum atomic E-state index is -1.79. The molecule has 0 N–H and O–H groups in total. The van der Waals surface area contributed by atoms with E-state index in [0.717, 1.165) is 59.1 Å². The van der Waals surface area contributed by atoms with Gasteiger partial charge in [0.05, 0.1) is 12.0 Å². The molecule has 0 spiro atoms. The number of allylic oxidation sites excluding steroid dienone is 1. The number of hydrogen-bond acceptors (Lipinski definition) is 15. The number of para-hydroxylation sites is 1. The van der Waals surface area contributed by atoms with Gasteiger partial charge in [0.1, 0.15) is 18.3 Å². The quantitative estimate of drug-likeness (QED) is 0.0890. The predicted octanol–water partition coefficient (Wildman–Crippen LogP) is 0.969. The molecule has 0 radical (unpaired) electrons. The van der Waals surface area contributed by atoms with Gasteiger partial charge in [-0.25, -0.2) is 4.79 Å². The number of hydrogen-bond donors (Lipinski definition) is 0. The lowest BCUT2D eigenvalue weighted by atomic mass is 9.98. The Balaban J connectivity index is 2.62. The first-order chi connectivity index (χ1) is 19.2. The number of nitro groups is 1. The van der Waals surface area contributed by atoms with Crippen LogP contribution >= 0.6 is 0 Å². The number of carbonyl (C=O) groups excluding carboxylic acids is 6. The molecule has 1 saturated heterocycles. The summed E-state index contributed by atoms with van der Waals surface area (Å²) < 4.78 is 36.7. The highest BCUT2D eigenvalue weighted by Gasteiger charge is 2.53. The average molecular weight is 581 g/mol. The Morgan fingerprint density at radius 2 is 1.46 bits per heavy atom. The van der Waals surface area contributed by atoms with Crippen molar-refractivity contribution in [3.63, 3.8) is 0 Å². The van der Waals surface area contributed by atoms with Crippen LogP contribution in [0.25, 0.3) is 0 Å². The summed E-state index contributed by atoms with van der Waals surface area (Å²) >= 11 is 0. The molecule has 5 unspecified atom stereocenters. The molecule has 1 heterocycles. The molecule has 5 atom stereocenters. The van der Waals surface area contributed by atoms with Gasteiger partial charge in [0.25, 0.3) is 0 Å². The highest BCUT2D eigenvalue weighted by Crippen LogP contribution is 2.36. The summed E-state index contributed by atoms with van der Waals surface area (Å²) in [6, 6.07) is 3.43. The molecule has 1 aliphatic rings. The Bertz CT molecular complexity index is 1240. The molecule has 41 heavy (non-hydrogen) atoms. The minimum absolute atomic E-state index is 0.488. The molecule has 16 nitrogen and oxygen atoms in total. The molecule has 0 amide bonds. The maximum atomic E-state index is 12.7. The van der Waals surface area contributed by atoms with Crippen LogP contribution in [0, 0.1) is 10.1 Å². The second kappa shape index (κ2) is 14.5. The number of esters is 5. The number of rotatable bonds is 11. The summed E-state index contributed by atoms with van der Waals surface area (Å²) in [6.45, 7) is 3.59. The number of nitrogens with zero attached hydrogens (tertiary/aromatic N) is 1. The van der Waals surface area contributed by atoms with Gasteiger partial charge in [-0.15, -0.1) is 0 Å². The fourth-order valence-electron chi connectivity index (χ4n) is 3.71. The van der Waals surface area contributed by atoms with Crippen LogP contribution in [-0.4, -0.2) is 85.0 Å². The van der Waals surface area contributed by atoms with Crippen molar-refractivity contribution >= 4 is 41.3 Å². The first-order valence-electron chi connectivity index (χ1n) is 11.8. The van der Waals surface area contributed by atoms with Crippen molar-refractivity contribution in [2.75, 3.05) is 13.7 Å². The Hall–Kier alpha value is -4.86. The van der Waals surface area contributed by atoms with Crippen LogP contribution < -0.4 is 4.74 Å². The number of benzene rings is 1. The molecule has 0 saturated carbocycles. The molecule has 1 aromatic rings. The van der Waals surface area contributed by atoms with Crippen molar-refractivity contribution in [3.05, 3.63) is 46.0 Å². The van der Waals surface area contributed by atoms with Gasteiger partial charge < -0.3 is 33.2 Å². The summed E-state index contributed by atoms with van der Waals surface area (Å²) in [5.41, 5.74) is -1.34. The molecule has 1 aromatic carbocycles. The predicted molar refractivity (Wildman–Crippen MR) is 131 cm³/mol. The van der Waals surface area contributed by atoms with E-state index < -0.39 is 94.9 Å². The highest BCUT2D eigenvalue weighted by molar-refractivity contribution is 6.10. The zero-order chi connectivity index (χ0) is 30.9. The Kier molecular flexibility index (Phi) is 11.4. The van der Waals surface area contributed by atoms with Gasteiger partial charge in [0.15, 0.2) is 18.0 Å². The largest absolute Gasteiger partial charge is 0.466 e. The average Bonchev–Trinajstić information content (AvgIpc) is 2.88. The third-order valence-corrected chi connectivity index (χ3v) is 5.21. The van der Waals surface area contributed by atoms with E-state index in [9.17, 15) is 38.9 Å². The van der Waals surface area contributed by atoms with E-state index >= 15 is 0 Å². The molecule has 0 aliphatic carbocycles. The third-order valence-electron chi connectivity index (χ3n) is 5.21. The Labute approximate surface area is 232 Å². The minimum Gasteiger partial charge on any atom is -0.466 e. The van der Waals surface area contributed by atoms with E-state index in [-0.39, 0.29) is 0 Å². The van der Waals surface area contributed by atoms with E-state index in [1.165, 1.54) is 6.07 Å². The van der Waals surface area contributed by atoms with Crippen molar-refractivity contribution in [2.24, 2.45) is 0 Å². The lowest BCUT2D eigenvalue weighted by Crippen LogP contribution is -2.63. The molecule has 1 fully saturated rings. The zero-order valence-electron chi connectivity index (χ0n) is 22.6. The molecule has 1 aliphatic heterocycles. The summed E-state index contributed by atoms with van der Waals surface area (Å²) in [6.07, 6.45) is -6.39. The van der Waals surface area contributed by atoms with E-state index in [2.05, 4.69) is 4.74 Å². The van der Waals surface area contributed by atoms with Gasteiger partial charge in [0.2, 0.25) is 18.1 Å². The maximum Gasteiger partial charge on any atom is 0.330 e. The van der Waals surface area contributed by atoms with Crippen LogP contribution in [-0.2, 0) is 52.4 Å². The number of nitro benzene ring substituents is 1. The Morgan fingerprint density at radius 1 is 0.878 bits per heavy atom. The van der Waals surface area contributed by atoms with Crippen LogP contribution in [0.15, 0.2) is 30.4 Å². The van der Waals surface area contributed by atoms with Gasteiger partial charge in [-0.3, -0.25) is 34.1 Å². The van der Waals surface area contributed by atoms with E-state index in [1.54, 1.807) is 0 Å². The fraction of sp³-hybridized carbons (Fsp3) is 0.440. The van der Waals surface area contributed by atoms with Gasteiger partial charge in [-0.1, -0.05) is 6.07 Å². The summed E-state index contributed by atoms with van der Waals surface area (Å²) in [4.78, 5) is 82.4. The maximum absolute atomic E-state index is 12.7. The van der Waals surface area contributed by atoms with E-state index in [4.69, 9.17) is 28.4 Å². The molecule has 2 rings (SSSR count). The Morgan fingerprint density at radius 3 is 2.00 bits per heavy atom. The molecule has 0 aromatic heterocycles. The first kappa shape index (κ1) is 32.4. The normalized spacial score (nSPS) is 21.7. The highest BCUT2D eigenvalue weighted by atomic mass is 16.7. The first-order valence-corrected chi connectivity index (χ1v) is 11.8. The van der Waals surface area contributed by atoms with Crippen molar-refractivity contribution in [1.82, 2.24) is 0 Å². The van der Waals surface area contributed by atoms with Crippen LogP contribution in [0.5, 0.6) is 5.75 Å². The number of carbonyl (C=O) groups is 6. The molecular formula is C25H27NO15. The van der Waals surface area contributed by atoms with Crippen molar-refractivity contribution < 1.29 is 66.8 Å². The molecule has 16 heteroatoms. The van der Waals surface area contributed by atoms with Gasteiger partial charge >= 0.3 is 35.5 Å². The second-order valence-corrected chi connectivity index (χ2v) is 8.32. The summed E-state index contributed by atoms with van der Waals surface area (Å²) in [7, 11) is 1.07. The smallest absolute Gasteiger partial charge is 0.330 e. The lowest BCUT2D eigenvalue weighted by molar-refractivity contribution is -0.387. The van der Waals surface area contributed by atoms with Crippen LogP contribution in [0.3, 0.4) is 0 Å². The third kappa shape index (κ3) is 9.10. The van der Waals surface area contributed by atoms with Gasteiger partial charge in [-0.2, -0.15) is 0 Å².